The first-order valence-corrected chi connectivity index (χ1v) is 9.11. The molecule has 3 rings (SSSR count). The summed E-state index contributed by atoms with van der Waals surface area (Å²) in [5, 5.41) is 7.39. The van der Waals surface area contributed by atoms with Crippen LogP contribution in [0.1, 0.15) is 18.5 Å². The van der Waals surface area contributed by atoms with Gasteiger partial charge in [0.25, 0.3) is 0 Å². The van der Waals surface area contributed by atoms with E-state index >= 15 is 0 Å². The van der Waals surface area contributed by atoms with E-state index in [4.69, 9.17) is 0 Å². The summed E-state index contributed by atoms with van der Waals surface area (Å²) >= 11 is 0. The van der Waals surface area contributed by atoms with Gasteiger partial charge in [-0.1, -0.05) is 6.07 Å². The third kappa shape index (κ3) is 3.46. The lowest BCUT2D eigenvalue weighted by Crippen LogP contribution is -2.46. The van der Waals surface area contributed by atoms with Crippen LogP contribution in [0.25, 0.3) is 5.82 Å². The number of likely N-dealkylation sites (N-methyl/N-ethyl adjacent to an activating group) is 1. The lowest BCUT2D eigenvalue weighted by molar-refractivity contribution is 0.292. The van der Waals surface area contributed by atoms with Crippen molar-refractivity contribution in [3.05, 3.63) is 36.3 Å². The Morgan fingerprint density at radius 2 is 2.12 bits per heavy atom. The molecule has 7 nitrogen and oxygen atoms in total. The van der Waals surface area contributed by atoms with Gasteiger partial charge >= 0.3 is 0 Å². The Morgan fingerprint density at radius 1 is 1.33 bits per heavy atom. The first-order chi connectivity index (χ1) is 11.0. The summed E-state index contributed by atoms with van der Waals surface area (Å²) in [6, 6.07) is 5.66. The molecule has 0 amide bonds. The van der Waals surface area contributed by atoms with E-state index in [-0.39, 0.29) is 23.3 Å². The molecular formula is C15H22ClN5O2S. The fraction of sp³-hybridized carbons (Fsp3) is 0.467. The minimum absolute atomic E-state index is 0. The van der Waals surface area contributed by atoms with Crippen LogP contribution >= 0.6 is 12.4 Å². The molecule has 2 aromatic rings. The molecule has 24 heavy (non-hydrogen) atoms. The predicted molar refractivity (Wildman–Crippen MR) is 94.2 cm³/mol. The molecule has 1 aliphatic heterocycles. The Balaban J connectivity index is 0.00000208. The highest BCUT2D eigenvalue weighted by atomic mass is 35.5. The Labute approximate surface area is 148 Å². The van der Waals surface area contributed by atoms with Crippen molar-refractivity contribution in [1.82, 2.24) is 24.4 Å². The van der Waals surface area contributed by atoms with Crippen LogP contribution in [0.3, 0.4) is 0 Å². The molecule has 132 valence electrons. The summed E-state index contributed by atoms with van der Waals surface area (Å²) < 4.78 is 29.0. The third-order valence-corrected chi connectivity index (χ3v) is 6.21. The van der Waals surface area contributed by atoms with Crippen LogP contribution in [0.2, 0.25) is 0 Å². The molecule has 0 spiro atoms. The molecule has 0 aromatic carbocycles. The average Bonchev–Trinajstić information content (AvgIpc) is 2.98. The van der Waals surface area contributed by atoms with E-state index in [9.17, 15) is 8.42 Å². The Morgan fingerprint density at radius 3 is 2.79 bits per heavy atom. The summed E-state index contributed by atoms with van der Waals surface area (Å²) in [6.45, 7) is 2.80. The van der Waals surface area contributed by atoms with Crippen LogP contribution in [0.4, 0.5) is 0 Å². The van der Waals surface area contributed by atoms with Crippen molar-refractivity contribution >= 4 is 22.4 Å². The number of hydrogen-bond acceptors (Lipinski definition) is 5. The molecule has 1 aliphatic rings. The maximum atomic E-state index is 12.9. The summed E-state index contributed by atoms with van der Waals surface area (Å²) in [4.78, 5) is 4.47. The zero-order valence-corrected chi connectivity index (χ0v) is 15.3. The zero-order chi connectivity index (χ0) is 16.4. The third-order valence-electron chi connectivity index (χ3n) is 4.24. The van der Waals surface area contributed by atoms with Gasteiger partial charge in [-0.25, -0.2) is 18.1 Å². The van der Waals surface area contributed by atoms with E-state index in [0.717, 1.165) is 12.8 Å². The second-order valence-electron chi connectivity index (χ2n) is 5.68. The Bertz CT molecular complexity index is 778. The monoisotopic (exact) mass is 371 g/mol. The number of piperidine rings is 1. The van der Waals surface area contributed by atoms with Gasteiger partial charge in [-0.15, -0.1) is 12.4 Å². The fourth-order valence-electron chi connectivity index (χ4n) is 2.89. The van der Waals surface area contributed by atoms with Crippen molar-refractivity contribution in [2.75, 3.05) is 20.1 Å². The maximum Gasteiger partial charge on any atom is 0.246 e. The predicted octanol–water partition coefficient (Wildman–Crippen LogP) is 1.37. The lowest BCUT2D eigenvalue weighted by atomic mass is 10.1. The van der Waals surface area contributed by atoms with Gasteiger partial charge in [0.15, 0.2) is 5.82 Å². The number of aromatic nitrogens is 3. The maximum absolute atomic E-state index is 12.9. The van der Waals surface area contributed by atoms with Crippen molar-refractivity contribution in [3.8, 4) is 5.82 Å². The number of pyridine rings is 1. The summed E-state index contributed by atoms with van der Waals surface area (Å²) in [5.41, 5.74) is 0.579. The van der Waals surface area contributed by atoms with Crippen LogP contribution in [-0.2, 0) is 10.0 Å². The zero-order valence-electron chi connectivity index (χ0n) is 13.7. The number of hydrogen-bond donors (Lipinski definition) is 1. The van der Waals surface area contributed by atoms with Gasteiger partial charge in [0.2, 0.25) is 10.0 Å². The molecule has 1 fully saturated rings. The number of halogens is 1. The van der Waals surface area contributed by atoms with E-state index in [1.54, 1.807) is 28.2 Å². The van der Waals surface area contributed by atoms with Crippen LogP contribution < -0.4 is 5.32 Å². The van der Waals surface area contributed by atoms with Gasteiger partial charge in [0, 0.05) is 25.3 Å². The van der Waals surface area contributed by atoms with Gasteiger partial charge in [0.05, 0.1) is 11.9 Å². The topological polar surface area (TPSA) is 80.1 Å². The first kappa shape index (κ1) is 18.9. The highest BCUT2D eigenvalue weighted by Crippen LogP contribution is 2.24. The second kappa shape index (κ2) is 7.60. The molecule has 2 aromatic heterocycles. The standard InChI is InChI=1S/C15H21N5O2S.ClH/c1-12-14(10-18-20(12)15-7-3-4-8-17-15)23(21,22)19-9-5-6-13(11-19)16-2;/h3-4,7-8,10,13,16H,5-6,9,11H2,1-2H3;1H. The molecule has 1 saturated heterocycles. The number of rotatable bonds is 4. The Hall–Kier alpha value is -1.48. The summed E-state index contributed by atoms with van der Waals surface area (Å²) in [6.07, 6.45) is 4.93. The van der Waals surface area contributed by atoms with E-state index in [1.807, 2.05) is 19.2 Å². The average molecular weight is 372 g/mol. The highest BCUT2D eigenvalue weighted by molar-refractivity contribution is 7.89. The molecule has 1 N–H and O–H groups in total. The quantitative estimate of drug-likeness (QED) is 0.878. The molecule has 1 unspecified atom stereocenters. The van der Waals surface area contributed by atoms with Crippen LogP contribution in [0.15, 0.2) is 35.5 Å². The van der Waals surface area contributed by atoms with Gasteiger partial charge < -0.3 is 5.32 Å². The molecule has 3 heterocycles. The lowest BCUT2D eigenvalue weighted by Gasteiger charge is -2.31. The minimum Gasteiger partial charge on any atom is -0.316 e. The number of nitrogens with one attached hydrogen (secondary N) is 1. The van der Waals surface area contributed by atoms with Gasteiger partial charge in [0.1, 0.15) is 4.90 Å². The minimum atomic E-state index is -3.54. The first-order valence-electron chi connectivity index (χ1n) is 7.67. The van der Waals surface area contributed by atoms with Crippen LogP contribution in [-0.4, -0.2) is 53.7 Å². The highest BCUT2D eigenvalue weighted by Gasteiger charge is 2.32. The smallest absolute Gasteiger partial charge is 0.246 e. The molecule has 0 aliphatic carbocycles. The van der Waals surface area contributed by atoms with E-state index in [2.05, 4.69) is 15.4 Å². The van der Waals surface area contributed by atoms with Crippen LogP contribution in [0, 0.1) is 6.92 Å². The van der Waals surface area contributed by atoms with E-state index < -0.39 is 10.0 Å². The van der Waals surface area contributed by atoms with Crippen molar-refractivity contribution in [1.29, 1.82) is 0 Å². The summed E-state index contributed by atoms with van der Waals surface area (Å²) in [7, 11) is -1.67. The van der Waals surface area contributed by atoms with Crippen molar-refractivity contribution in [2.24, 2.45) is 0 Å². The number of sulfonamides is 1. The van der Waals surface area contributed by atoms with Gasteiger partial charge in [-0.05, 0) is 38.9 Å². The normalized spacial score (nSPS) is 19.0. The molecule has 0 radical (unpaired) electrons. The number of nitrogens with zero attached hydrogens (tertiary/aromatic N) is 4. The molecule has 0 bridgehead atoms. The fourth-order valence-corrected chi connectivity index (χ4v) is 4.56. The summed E-state index contributed by atoms with van der Waals surface area (Å²) in [5.74, 6) is 0.609. The molecule has 0 saturated carbocycles. The second-order valence-corrected chi connectivity index (χ2v) is 7.59. The van der Waals surface area contributed by atoms with Gasteiger partial charge in [-0.3, -0.25) is 0 Å². The molecule has 9 heteroatoms. The molecular weight excluding hydrogens is 350 g/mol. The van der Waals surface area contributed by atoms with Crippen LogP contribution in [0.5, 0.6) is 0 Å². The van der Waals surface area contributed by atoms with Crippen molar-refractivity contribution in [2.45, 2.75) is 30.7 Å². The van der Waals surface area contributed by atoms with E-state index in [1.165, 1.54) is 6.20 Å². The van der Waals surface area contributed by atoms with Gasteiger partial charge in [-0.2, -0.15) is 9.40 Å². The van der Waals surface area contributed by atoms with Crippen molar-refractivity contribution in [3.63, 3.8) is 0 Å². The van der Waals surface area contributed by atoms with E-state index in [0.29, 0.717) is 24.6 Å². The van der Waals surface area contributed by atoms with Crippen molar-refractivity contribution < 1.29 is 8.42 Å². The molecule has 1 atom stereocenters. The SMILES string of the molecule is CNC1CCCN(S(=O)(=O)c2cnn(-c3ccccn3)c2C)C1.Cl. The Kier molecular flexibility index (Phi) is 5.97. The largest absolute Gasteiger partial charge is 0.316 e.